The van der Waals surface area contributed by atoms with Gasteiger partial charge in [0.2, 0.25) is 0 Å². The molecule has 0 aliphatic carbocycles. The molecule has 0 saturated carbocycles. The summed E-state index contributed by atoms with van der Waals surface area (Å²) in [7, 11) is 0. The van der Waals surface area contributed by atoms with Crippen LogP contribution in [0.5, 0.6) is 0 Å². The maximum Gasteiger partial charge on any atom is 0.136 e. The minimum Gasteiger partial charge on any atom is -0.392 e. The van der Waals surface area contributed by atoms with Gasteiger partial charge < -0.3 is 15.2 Å². The van der Waals surface area contributed by atoms with Crippen molar-refractivity contribution in [2.45, 2.75) is 46.0 Å². The average molecular weight is 264 g/mol. The molecule has 0 aromatic heterocycles. The van der Waals surface area contributed by atoms with Crippen molar-refractivity contribution < 1.29 is 9.90 Å². The minimum atomic E-state index is -0.173. The molecular weight excluding hydrogens is 240 g/mol. The van der Waals surface area contributed by atoms with Gasteiger partial charge in [-0.05, 0) is 37.0 Å². The van der Waals surface area contributed by atoms with Gasteiger partial charge >= 0.3 is 0 Å². The Kier molecular flexibility index (Phi) is 6.53. The SMILES string of the molecule is CC(C)C[C@H](Nc1ccc(CO)cc1)NC(C)C=O. The first kappa shape index (κ1) is 15.7. The molecule has 4 heteroatoms. The fraction of sp³-hybridized carbons (Fsp3) is 0.533. The Morgan fingerprint density at radius 1 is 1.21 bits per heavy atom. The molecule has 0 spiro atoms. The molecule has 0 radical (unpaired) electrons. The Bertz CT molecular complexity index is 376. The summed E-state index contributed by atoms with van der Waals surface area (Å²) in [5, 5.41) is 15.6. The summed E-state index contributed by atoms with van der Waals surface area (Å²) in [4.78, 5) is 10.7. The molecule has 0 bridgehead atoms. The lowest BCUT2D eigenvalue weighted by atomic mass is 10.1. The molecule has 0 aliphatic rings. The highest BCUT2D eigenvalue weighted by Crippen LogP contribution is 2.13. The van der Waals surface area contributed by atoms with Crippen LogP contribution in [-0.4, -0.2) is 23.6 Å². The molecule has 3 N–H and O–H groups in total. The fourth-order valence-corrected chi connectivity index (χ4v) is 1.90. The highest BCUT2D eigenvalue weighted by molar-refractivity contribution is 5.57. The van der Waals surface area contributed by atoms with E-state index in [1.807, 2.05) is 31.2 Å². The molecule has 0 heterocycles. The molecule has 106 valence electrons. The molecule has 19 heavy (non-hydrogen) atoms. The Morgan fingerprint density at radius 3 is 2.32 bits per heavy atom. The van der Waals surface area contributed by atoms with E-state index in [4.69, 9.17) is 5.11 Å². The zero-order chi connectivity index (χ0) is 14.3. The number of carbonyl (C=O) groups is 1. The molecule has 0 amide bonds. The third kappa shape index (κ3) is 5.85. The third-order valence-corrected chi connectivity index (χ3v) is 2.85. The summed E-state index contributed by atoms with van der Waals surface area (Å²) in [5.74, 6) is 0.528. The zero-order valence-corrected chi connectivity index (χ0v) is 11.9. The number of anilines is 1. The van der Waals surface area contributed by atoms with E-state index < -0.39 is 0 Å². The van der Waals surface area contributed by atoms with Crippen molar-refractivity contribution in [3.8, 4) is 0 Å². The van der Waals surface area contributed by atoms with Gasteiger partial charge in [-0.3, -0.25) is 5.32 Å². The molecule has 1 rings (SSSR count). The monoisotopic (exact) mass is 264 g/mol. The van der Waals surface area contributed by atoms with E-state index in [2.05, 4.69) is 24.5 Å². The smallest absolute Gasteiger partial charge is 0.136 e. The van der Waals surface area contributed by atoms with E-state index in [-0.39, 0.29) is 18.8 Å². The Hall–Kier alpha value is -1.39. The standard InChI is InChI=1S/C15H24N2O2/c1-11(2)8-15(16-12(3)9-18)17-14-6-4-13(10-19)5-7-14/h4-7,9,11-12,15-17,19H,8,10H2,1-3H3/t12?,15-/m0/s1. The second-order valence-electron chi connectivity index (χ2n) is 5.27. The van der Waals surface area contributed by atoms with Gasteiger partial charge in [-0.1, -0.05) is 26.0 Å². The summed E-state index contributed by atoms with van der Waals surface area (Å²) in [5.41, 5.74) is 1.87. The quantitative estimate of drug-likeness (QED) is 0.497. The van der Waals surface area contributed by atoms with Crippen LogP contribution >= 0.6 is 0 Å². The first-order chi connectivity index (χ1) is 9.05. The maximum absolute atomic E-state index is 10.7. The predicted molar refractivity (Wildman–Crippen MR) is 77.9 cm³/mol. The first-order valence-corrected chi connectivity index (χ1v) is 6.72. The summed E-state index contributed by atoms with van der Waals surface area (Å²) in [6.45, 7) is 6.20. The lowest BCUT2D eigenvalue weighted by Gasteiger charge is -2.24. The van der Waals surface area contributed by atoms with Crippen LogP contribution in [0.25, 0.3) is 0 Å². The number of benzene rings is 1. The maximum atomic E-state index is 10.7. The van der Waals surface area contributed by atoms with Crippen LogP contribution in [-0.2, 0) is 11.4 Å². The van der Waals surface area contributed by atoms with Crippen molar-refractivity contribution in [3.05, 3.63) is 29.8 Å². The molecule has 0 fully saturated rings. The lowest BCUT2D eigenvalue weighted by molar-refractivity contribution is -0.109. The summed E-state index contributed by atoms with van der Waals surface area (Å²) in [6, 6.07) is 7.47. The van der Waals surface area contributed by atoms with Crippen LogP contribution in [0.1, 0.15) is 32.8 Å². The molecule has 1 aromatic carbocycles. The number of hydrogen-bond acceptors (Lipinski definition) is 4. The van der Waals surface area contributed by atoms with Crippen LogP contribution in [0, 0.1) is 5.92 Å². The van der Waals surface area contributed by atoms with Crippen LogP contribution in [0.4, 0.5) is 5.69 Å². The Labute approximate surface area is 115 Å². The Balaban J connectivity index is 2.66. The van der Waals surface area contributed by atoms with Gasteiger partial charge in [0.05, 0.1) is 18.8 Å². The van der Waals surface area contributed by atoms with Crippen molar-refractivity contribution in [3.63, 3.8) is 0 Å². The van der Waals surface area contributed by atoms with Gasteiger partial charge in [-0.2, -0.15) is 0 Å². The predicted octanol–water partition coefficient (Wildman–Crippen LogP) is 2.14. The van der Waals surface area contributed by atoms with Crippen molar-refractivity contribution in [1.29, 1.82) is 0 Å². The topological polar surface area (TPSA) is 61.4 Å². The highest BCUT2D eigenvalue weighted by Gasteiger charge is 2.13. The minimum absolute atomic E-state index is 0.0517. The van der Waals surface area contributed by atoms with E-state index in [1.54, 1.807) is 0 Å². The average Bonchev–Trinajstić information content (AvgIpc) is 2.38. The van der Waals surface area contributed by atoms with Crippen LogP contribution in [0.15, 0.2) is 24.3 Å². The van der Waals surface area contributed by atoms with Crippen LogP contribution in [0.3, 0.4) is 0 Å². The molecular formula is C15H24N2O2. The van der Waals surface area contributed by atoms with Gasteiger partial charge in [0.1, 0.15) is 6.29 Å². The third-order valence-electron chi connectivity index (χ3n) is 2.85. The number of nitrogens with one attached hydrogen (secondary N) is 2. The number of aliphatic hydroxyl groups is 1. The van der Waals surface area contributed by atoms with Gasteiger partial charge in [0.15, 0.2) is 0 Å². The Morgan fingerprint density at radius 2 is 1.84 bits per heavy atom. The van der Waals surface area contributed by atoms with Crippen molar-refractivity contribution in [2.24, 2.45) is 5.92 Å². The van der Waals surface area contributed by atoms with E-state index in [9.17, 15) is 4.79 Å². The zero-order valence-electron chi connectivity index (χ0n) is 11.9. The fourth-order valence-electron chi connectivity index (χ4n) is 1.90. The normalized spacial score (nSPS) is 14.2. The second-order valence-corrected chi connectivity index (χ2v) is 5.27. The largest absolute Gasteiger partial charge is 0.392 e. The van der Waals surface area contributed by atoms with E-state index >= 15 is 0 Å². The van der Waals surface area contributed by atoms with Crippen molar-refractivity contribution in [2.75, 3.05) is 5.32 Å². The number of aliphatic hydroxyl groups excluding tert-OH is 1. The van der Waals surface area contributed by atoms with Gasteiger partial charge in [-0.15, -0.1) is 0 Å². The first-order valence-electron chi connectivity index (χ1n) is 6.72. The van der Waals surface area contributed by atoms with E-state index in [1.165, 1.54) is 0 Å². The number of rotatable bonds is 8. The molecule has 0 saturated heterocycles. The molecule has 0 aliphatic heterocycles. The van der Waals surface area contributed by atoms with E-state index in [0.717, 1.165) is 24.0 Å². The molecule has 1 unspecified atom stereocenters. The number of hydrogen-bond donors (Lipinski definition) is 3. The molecule has 2 atom stereocenters. The summed E-state index contributed by atoms with van der Waals surface area (Å²) < 4.78 is 0. The van der Waals surface area contributed by atoms with Gasteiger partial charge in [-0.25, -0.2) is 0 Å². The van der Waals surface area contributed by atoms with Crippen LogP contribution in [0.2, 0.25) is 0 Å². The summed E-state index contributed by atoms with van der Waals surface area (Å²) >= 11 is 0. The van der Waals surface area contributed by atoms with Crippen molar-refractivity contribution in [1.82, 2.24) is 5.32 Å². The molecule has 4 nitrogen and oxygen atoms in total. The second kappa shape index (κ2) is 7.92. The van der Waals surface area contributed by atoms with Crippen molar-refractivity contribution >= 4 is 12.0 Å². The summed E-state index contributed by atoms with van der Waals surface area (Å²) in [6.07, 6.45) is 1.89. The van der Waals surface area contributed by atoms with E-state index in [0.29, 0.717) is 5.92 Å². The number of carbonyl (C=O) groups excluding carboxylic acids is 1. The van der Waals surface area contributed by atoms with Crippen LogP contribution < -0.4 is 10.6 Å². The van der Waals surface area contributed by atoms with Gasteiger partial charge in [0, 0.05) is 5.69 Å². The lowest BCUT2D eigenvalue weighted by Crippen LogP contribution is -2.43. The number of aldehydes is 1. The molecule has 1 aromatic rings. The van der Waals surface area contributed by atoms with Gasteiger partial charge in [0.25, 0.3) is 0 Å². The highest BCUT2D eigenvalue weighted by atomic mass is 16.3.